The third kappa shape index (κ3) is 2.77. The number of hydrogen-bond donors (Lipinski definition) is 2. The first-order chi connectivity index (χ1) is 9.78. The summed E-state index contributed by atoms with van der Waals surface area (Å²) < 4.78 is 56.8. The molecule has 116 valence electrons. The summed E-state index contributed by atoms with van der Waals surface area (Å²) in [4.78, 5) is 0. The van der Waals surface area contributed by atoms with Gasteiger partial charge in [0.15, 0.2) is 0 Å². The van der Waals surface area contributed by atoms with Crippen molar-refractivity contribution in [2.75, 3.05) is 13.2 Å². The molecule has 0 spiro atoms. The number of nitrogens with one attached hydrogen (secondary N) is 1. The van der Waals surface area contributed by atoms with Crippen LogP contribution in [-0.4, -0.2) is 30.4 Å². The third-order valence-corrected chi connectivity index (χ3v) is 4.09. The van der Waals surface area contributed by atoms with E-state index in [0.717, 1.165) is 12.1 Å². The minimum absolute atomic E-state index is 0.0761. The highest BCUT2D eigenvalue weighted by atomic mass is 19.4. The molecule has 3 rings (SSSR count). The van der Waals surface area contributed by atoms with Crippen LogP contribution in [0.15, 0.2) is 18.2 Å². The maximum atomic E-state index is 13.7. The smallest absolute Gasteiger partial charge is 0.385 e. The highest BCUT2D eigenvalue weighted by Crippen LogP contribution is 2.39. The molecule has 1 aromatic rings. The molecular formula is C14H15F4NO2. The molecule has 2 unspecified atom stereocenters. The number of benzene rings is 1. The van der Waals surface area contributed by atoms with Gasteiger partial charge in [-0.2, -0.15) is 13.2 Å². The molecule has 2 N–H and O–H groups in total. The Morgan fingerprint density at radius 2 is 1.81 bits per heavy atom. The lowest BCUT2D eigenvalue weighted by Gasteiger charge is -2.45. The van der Waals surface area contributed by atoms with E-state index >= 15 is 0 Å². The molecule has 2 aliphatic rings. The molecule has 3 nitrogen and oxygen atoms in total. The Kier molecular flexibility index (Phi) is 3.46. The fourth-order valence-electron chi connectivity index (χ4n) is 3.19. The first-order valence-electron chi connectivity index (χ1n) is 6.71. The fourth-order valence-corrected chi connectivity index (χ4v) is 3.19. The molecule has 2 heterocycles. The quantitative estimate of drug-likeness (QED) is 0.782. The molecule has 0 radical (unpaired) electrons. The molecule has 0 aromatic heterocycles. The van der Waals surface area contributed by atoms with Gasteiger partial charge < -0.3 is 15.2 Å². The molecule has 2 saturated heterocycles. The predicted molar refractivity (Wildman–Crippen MR) is 66.1 cm³/mol. The molecule has 0 amide bonds. The number of piperidine rings is 1. The minimum Gasteiger partial charge on any atom is -0.385 e. The minimum atomic E-state index is -4.73. The summed E-state index contributed by atoms with van der Waals surface area (Å²) in [5.74, 6) is -1.35. The van der Waals surface area contributed by atoms with Crippen LogP contribution in [0, 0.1) is 5.82 Å². The SMILES string of the molecule is OC1(c2ccc(C(F)(F)F)c(F)c2)CC2COCC(C1)N2. The van der Waals surface area contributed by atoms with E-state index in [1.165, 1.54) is 0 Å². The number of ether oxygens (including phenoxy) is 1. The van der Waals surface area contributed by atoms with Gasteiger partial charge in [0.05, 0.1) is 24.4 Å². The summed E-state index contributed by atoms with van der Waals surface area (Å²) in [6, 6.07) is 2.50. The molecule has 21 heavy (non-hydrogen) atoms. The van der Waals surface area contributed by atoms with Crippen LogP contribution < -0.4 is 5.32 Å². The maximum absolute atomic E-state index is 13.7. The first-order valence-corrected chi connectivity index (χ1v) is 6.71. The second-order valence-electron chi connectivity index (χ2n) is 5.73. The number of morpholine rings is 1. The maximum Gasteiger partial charge on any atom is 0.419 e. The van der Waals surface area contributed by atoms with Crippen LogP contribution in [0.5, 0.6) is 0 Å². The highest BCUT2D eigenvalue weighted by molar-refractivity contribution is 5.31. The number of hydrogen-bond acceptors (Lipinski definition) is 3. The Balaban J connectivity index is 1.91. The van der Waals surface area contributed by atoms with E-state index in [2.05, 4.69) is 5.32 Å². The van der Waals surface area contributed by atoms with E-state index in [9.17, 15) is 22.7 Å². The largest absolute Gasteiger partial charge is 0.419 e. The molecule has 2 aliphatic heterocycles. The number of alkyl halides is 3. The van der Waals surface area contributed by atoms with Crippen LogP contribution >= 0.6 is 0 Å². The lowest BCUT2D eigenvalue weighted by molar-refractivity contribution is -0.140. The van der Waals surface area contributed by atoms with Gasteiger partial charge >= 0.3 is 6.18 Å². The van der Waals surface area contributed by atoms with Crippen molar-refractivity contribution in [1.29, 1.82) is 0 Å². The zero-order chi connectivity index (χ0) is 15.3. The van der Waals surface area contributed by atoms with Crippen molar-refractivity contribution in [3.63, 3.8) is 0 Å². The zero-order valence-electron chi connectivity index (χ0n) is 11.1. The van der Waals surface area contributed by atoms with Gasteiger partial charge in [0, 0.05) is 12.1 Å². The zero-order valence-corrected chi connectivity index (χ0v) is 11.1. The van der Waals surface area contributed by atoms with Crippen LogP contribution in [0.2, 0.25) is 0 Å². The molecule has 0 aliphatic carbocycles. The van der Waals surface area contributed by atoms with Crippen LogP contribution in [0.1, 0.15) is 24.0 Å². The third-order valence-electron chi connectivity index (χ3n) is 4.09. The number of halogens is 4. The van der Waals surface area contributed by atoms with Crippen LogP contribution in [-0.2, 0) is 16.5 Å². The van der Waals surface area contributed by atoms with Crippen molar-refractivity contribution in [2.24, 2.45) is 0 Å². The van der Waals surface area contributed by atoms with Crippen molar-refractivity contribution >= 4 is 0 Å². The van der Waals surface area contributed by atoms with Gasteiger partial charge in [-0.25, -0.2) is 4.39 Å². The molecular weight excluding hydrogens is 290 g/mol. The summed E-state index contributed by atoms with van der Waals surface area (Å²) in [5, 5.41) is 14.0. The van der Waals surface area contributed by atoms with E-state index in [1.54, 1.807) is 0 Å². The second-order valence-corrected chi connectivity index (χ2v) is 5.73. The van der Waals surface area contributed by atoms with Gasteiger partial charge in [0.25, 0.3) is 0 Å². The Bertz CT molecular complexity index is 534. The van der Waals surface area contributed by atoms with Crippen molar-refractivity contribution in [3.05, 3.63) is 35.1 Å². The van der Waals surface area contributed by atoms with Crippen LogP contribution in [0.25, 0.3) is 0 Å². The summed E-state index contributed by atoms with van der Waals surface area (Å²) in [6.45, 7) is 0.865. The summed E-state index contributed by atoms with van der Waals surface area (Å²) in [5.41, 5.74) is -2.45. The molecule has 1 aromatic carbocycles. The topological polar surface area (TPSA) is 41.5 Å². The number of aliphatic hydroxyl groups is 1. The molecule has 2 atom stereocenters. The molecule has 2 bridgehead atoms. The van der Waals surface area contributed by atoms with Gasteiger partial charge in [-0.3, -0.25) is 0 Å². The Morgan fingerprint density at radius 1 is 1.19 bits per heavy atom. The van der Waals surface area contributed by atoms with Crippen LogP contribution in [0.4, 0.5) is 17.6 Å². The van der Waals surface area contributed by atoms with E-state index in [0.29, 0.717) is 19.3 Å². The molecule has 2 fully saturated rings. The Morgan fingerprint density at radius 3 is 2.33 bits per heavy atom. The van der Waals surface area contributed by atoms with E-state index in [1.807, 2.05) is 0 Å². The number of fused-ring (bicyclic) bond motifs is 2. The van der Waals surface area contributed by atoms with Crippen molar-refractivity contribution in [1.82, 2.24) is 5.32 Å². The van der Waals surface area contributed by atoms with E-state index in [4.69, 9.17) is 4.74 Å². The normalized spacial score (nSPS) is 33.0. The summed E-state index contributed by atoms with van der Waals surface area (Å²) in [6.07, 6.45) is -4.16. The molecule has 7 heteroatoms. The Labute approximate surface area is 118 Å². The fraction of sp³-hybridized carbons (Fsp3) is 0.571. The van der Waals surface area contributed by atoms with Gasteiger partial charge in [-0.1, -0.05) is 6.07 Å². The van der Waals surface area contributed by atoms with Crippen molar-refractivity contribution in [3.8, 4) is 0 Å². The monoisotopic (exact) mass is 305 g/mol. The lowest BCUT2D eigenvalue weighted by Crippen LogP contribution is -2.58. The van der Waals surface area contributed by atoms with Crippen LogP contribution in [0.3, 0.4) is 0 Å². The standard InChI is InChI=1S/C14H15F4NO2/c15-12-3-8(1-2-11(12)14(16,17)18)13(20)4-9-6-21-7-10(5-13)19-9/h1-3,9-10,19-20H,4-7H2. The van der Waals surface area contributed by atoms with Gasteiger partial charge in [-0.05, 0) is 30.5 Å². The average molecular weight is 305 g/mol. The molecule has 0 saturated carbocycles. The van der Waals surface area contributed by atoms with Gasteiger partial charge in [-0.15, -0.1) is 0 Å². The Hall–Kier alpha value is -1.18. The summed E-state index contributed by atoms with van der Waals surface area (Å²) in [7, 11) is 0. The number of rotatable bonds is 1. The van der Waals surface area contributed by atoms with Crippen molar-refractivity contribution < 1.29 is 27.4 Å². The van der Waals surface area contributed by atoms with Gasteiger partial charge in [0.2, 0.25) is 0 Å². The van der Waals surface area contributed by atoms with E-state index in [-0.39, 0.29) is 30.5 Å². The predicted octanol–water partition coefficient (Wildman–Crippen LogP) is 2.18. The highest BCUT2D eigenvalue weighted by Gasteiger charge is 2.43. The lowest BCUT2D eigenvalue weighted by atomic mass is 9.78. The second kappa shape index (κ2) is 4.93. The summed E-state index contributed by atoms with van der Waals surface area (Å²) >= 11 is 0. The average Bonchev–Trinajstić information content (AvgIpc) is 2.36. The van der Waals surface area contributed by atoms with Crippen molar-refractivity contribution in [2.45, 2.75) is 36.7 Å². The first kappa shape index (κ1) is 14.7. The van der Waals surface area contributed by atoms with E-state index < -0.39 is 23.2 Å². The van der Waals surface area contributed by atoms with Gasteiger partial charge in [0.1, 0.15) is 5.82 Å².